The van der Waals surface area contributed by atoms with Crippen molar-refractivity contribution in [2.24, 2.45) is 0 Å². The minimum atomic E-state index is -0.284. The lowest BCUT2D eigenvalue weighted by atomic mass is 9.83. The smallest absolute Gasteiger partial charge is 0.227 e. The summed E-state index contributed by atoms with van der Waals surface area (Å²) in [6.07, 6.45) is 4.65. The largest absolute Gasteiger partial charge is 0.392 e. The Morgan fingerprint density at radius 3 is 2.62 bits per heavy atom. The maximum atomic E-state index is 13.1. The molecule has 2 aromatic rings. The molecule has 152 valence electrons. The summed E-state index contributed by atoms with van der Waals surface area (Å²) in [7, 11) is 0. The Morgan fingerprint density at radius 1 is 1.07 bits per heavy atom. The summed E-state index contributed by atoms with van der Waals surface area (Å²) in [5.74, 6) is 0.197. The SMILES string of the molecule is O=C(Cc1ccccc1)N1C[C@@H]2C[C@@H](O)CN2C2(CN(Cc3cccnc3)C2)C1. The van der Waals surface area contributed by atoms with E-state index in [0.29, 0.717) is 6.42 Å². The van der Waals surface area contributed by atoms with Gasteiger partial charge in [-0.15, -0.1) is 0 Å². The summed E-state index contributed by atoms with van der Waals surface area (Å²) in [6, 6.07) is 14.3. The van der Waals surface area contributed by atoms with Crippen molar-refractivity contribution < 1.29 is 9.90 Å². The molecule has 3 saturated heterocycles. The van der Waals surface area contributed by atoms with Crippen LogP contribution in [0.1, 0.15) is 17.5 Å². The van der Waals surface area contributed by atoms with Crippen LogP contribution in [0.2, 0.25) is 0 Å². The molecule has 4 heterocycles. The highest BCUT2D eigenvalue weighted by Gasteiger charge is 2.56. The van der Waals surface area contributed by atoms with Gasteiger partial charge in [0.2, 0.25) is 5.91 Å². The number of rotatable bonds is 4. The second kappa shape index (κ2) is 7.52. The van der Waals surface area contributed by atoms with E-state index < -0.39 is 0 Å². The number of aliphatic hydroxyl groups excluding tert-OH is 1. The molecule has 3 aliphatic heterocycles. The van der Waals surface area contributed by atoms with Crippen molar-refractivity contribution in [3.63, 3.8) is 0 Å². The highest BCUT2D eigenvalue weighted by molar-refractivity contribution is 5.79. The summed E-state index contributed by atoms with van der Waals surface area (Å²) in [6.45, 7) is 4.96. The molecule has 29 heavy (non-hydrogen) atoms. The molecular formula is C23H28N4O2. The van der Waals surface area contributed by atoms with Gasteiger partial charge in [0.1, 0.15) is 0 Å². The molecule has 3 aliphatic rings. The van der Waals surface area contributed by atoms with E-state index in [9.17, 15) is 9.90 Å². The molecule has 0 unspecified atom stereocenters. The molecule has 2 atom stereocenters. The van der Waals surface area contributed by atoms with Crippen LogP contribution in [0, 0.1) is 0 Å². The first-order chi connectivity index (χ1) is 14.1. The molecule has 1 aromatic carbocycles. The van der Waals surface area contributed by atoms with Gasteiger partial charge < -0.3 is 10.0 Å². The van der Waals surface area contributed by atoms with E-state index in [1.807, 2.05) is 47.5 Å². The number of carbonyl (C=O) groups is 1. The van der Waals surface area contributed by atoms with Gasteiger partial charge in [-0.05, 0) is 23.6 Å². The monoisotopic (exact) mass is 392 g/mol. The van der Waals surface area contributed by atoms with E-state index in [4.69, 9.17) is 0 Å². The Hall–Kier alpha value is -2.28. The number of pyridine rings is 1. The fourth-order valence-corrected chi connectivity index (χ4v) is 5.41. The molecular weight excluding hydrogens is 364 g/mol. The van der Waals surface area contributed by atoms with Crippen LogP contribution in [0.5, 0.6) is 0 Å². The number of benzene rings is 1. The molecule has 1 N–H and O–H groups in total. The van der Waals surface area contributed by atoms with Crippen LogP contribution in [0.25, 0.3) is 0 Å². The minimum Gasteiger partial charge on any atom is -0.392 e. The van der Waals surface area contributed by atoms with Gasteiger partial charge in [-0.1, -0.05) is 36.4 Å². The number of piperazine rings is 1. The van der Waals surface area contributed by atoms with Crippen LogP contribution in [0.15, 0.2) is 54.9 Å². The Morgan fingerprint density at radius 2 is 1.86 bits per heavy atom. The van der Waals surface area contributed by atoms with Gasteiger partial charge in [0, 0.05) is 57.7 Å². The van der Waals surface area contributed by atoms with Gasteiger partial charge in [-0.2, -0.15) is 0 Å². The Bertz CT molecular complexity index is 854. The van der Waals surface area contributed by atoms with Gasteiger partial charge in [0.15, 0.2) is 0 Å². The van der Waals surface area contributed by atoms with Crippen LogP contribution < -0.4 is 0 Å². The molecule has 1 spiro atoms. The highest BCUT2D eigenvalue weighted by Crippen LogP contribution is 2.39. The molecule has 0 saturated carbocycles. The summed E-state index contributed by atoms with van der Waals surface area (Å²) >= 11 is 0. The third-order valence-electron chi connectivity index (χ3n) is 6.63. The van der Waals surface area contributed by atoms with Crippen molar-refractivity contribution in [1.29, 1.82) is 0 Å². The third-order valence-corrected chi connectivity index (χ3v) is 6.63. The first kappa shape index (κ1) is 18.7. The average Bonchev–Trinajstić information content (AvgIpc) is 3.09. The van der Waals surface area contributed by atoms with Crippen LogP contribution in [-0.4, -0.2) is 81.1 Å². The lowest BCUT2D eigenvalue weighted by molar-refractivity contribution is -0.150. The summed E-state index contributed by atoms with van der Waals surface area (Å²) in [5, 5.41) is 10.3. The summed E-state index contributed by atoms with van der Waals surface area (Å²) in [4.78, 5) is 24.2. The van der Waals surface area contributed by atoms with Crippen LogP contribution in [0.3, 0.4) is 0 Å². The zero-order valence-corrected chi connectivity index (χ0v) is 16.7. The number of β-amino-alcohol motifs (C(OH)–C–C–N with tert-alkyl or cyclic N) is 1. The van der Waals surface area contributed by atoms with Gasteiger partial charge >= 0.3 is 0 Å². The van der Waals surface area contributed by atoms with E-state index in [2.05, 4.69) is 20.9 Å². The Labute approximate surface area is 171 Å². The number of likely N-dealkylation sites (tertiary alicyclic amines) is 1. The standard InChI is InChI=1S/C23H28N4O2/c28-21-10-20-13-26(22(29)9-18-5-2-1-3-6-18)17-23(27(20)14-21)15-25(16-23)12-19-7-4-8-24-11-19/h1-8,11,20-21,28H,9-10,12-17H2/t20-,21+/m0/s1. The van der Waals surface area contributed by atoms with Crippen molar-refractivity contribution in [1.82, 2.24) is 19.7 Å². The number of aromatic nitrogens is 1. The molecule has 1 aromatic heterocycles. The number of nitrogens with zero attached hydrogens (tertiary/aromatic N) is 4. The van der Waals surface area contributed by atoms with E-state index in [0.717, 1.165) is 51.3 Å². The maximum absolute atomic E-state index is 13.1. The molecule has 1 amide bonds. The van der Waals surface area contributed by atoms with Crippen molar-refractivity contribution in [3.8, 4) is 0 Å². The van der Waals surface area contributed by atoms with Gasteiger partial charge in [-0.3, -0.25) is 19.6 Å². The predicted molar refractivity (Wildman–Crippen MR) is 110 cm³/mol. The molecule has 3 fully saturated rings. The Balaban J connectivity index is 1.29. The summed E-state index contributed by atoms with van der Waals surface area (Å²) in [5.41, 5.74) is 2.25. The first-order valence-corrected chi connectivity index (χ1v) is 10.5. The fraction of sp³-hybridized carbons (Fsp3) is 0.478. The first-order valence-electron chi connectivity index (χ1n) is 10.5. The molecule has 0 radical (unpaired) electrons. The number of aliphatic hydroxyl groups is 1. The second-order valence-electron chi connectivity index (χ2n) is 8.86. The van der Waals surface area contributed by atoms with Crippen LogP contribution in [-0.2, 0) is 17.8 Å². The second-order valence-corrected chi connectivity index (χ2v) is 8.86. The van der Waals surface area contributed by atoms with E-state index in [1.165, 1.54) is 5.56 Å². The topological polar surface area (TPSA) is 59.9 Å². The van der Waals surface area contributed by atoms with E-state index in [-0.39, 0.29) is 23.6 Å². The zero-order valence-electron chi connectivity index (χ0n) is 16.7. The lowest BCUT2D eigenvalue weighted by Crippen LogP contribution is -2.78. The van der Waals surface area contributed by atoms with Crippen molar-refractivity contribution >= 4 is 5.91 Å². The van der Waals surface area contributed by atoms with Crippen molar-refractivity contribution in [3.05, 3.63) is 66.0 Å². The molecule has 6 nitrogen and oxygen atoms in total. The number of amides is 1. The van der Waals surface area contributed by atoms with Crippen molar-refractivity contribution in [2.75, 3.05) is 32.7 Å². The maximum Gasteiger partial charge on any atom is 0.227 e. The number of fused-ring (bicyclic) bond motifs is 2. The normalized spacial score (nSPS) is 26.3. The Kier molecular flexibility index (Phi) is 4.86. The predicted octanol–water partition coefficient (Wildman–Crippen LogP) is 1.16. The van der Waals surface area contributed by atoms with Crippen LogP contribution in [0.4, 0.5) is 0 Å². The molecule has 0 aliphatic carbocycles. The van der Waals surface area contributed by atoms with E-state index in [1.54, 1.807) is 6.20 Å². The molecule has 6 heteroatoms. The minimum absolute atomic E-state index is 0.0328. The number of carbonyl (C=O) groups excluding carboxylic acids is 1. The third kappa shape index (κ3) is 3.68. The molecule has 5 rings (SSSR count). The zero-order chi connectivity index (χ0) is 19.8. The quantitative estimate of drug-likeness (QED) is 0.846. The molecule has 0 bridgehead atoms. The van der Waals surface area contributed by atoms with E-state index >= 15 is 0 Å². The lowest BCUT2D eigenvalue weighted by Gasteiger charge is -2.61. The van der Waals surface area contributed by atoms with Crippen molar-refractivity contribution in [2.45, 2.75) is 37.1 Å². The van der Waals surface area contributed by atoms with Crippen LogP contribution >= 0.6 is 0 Å². The number of hydrogen-bond acceptors (Lipinski definition) is 5. The van der Waals surface area contributed by atoms with Gasteiger partial charge in [0.25, 0.3) is 0 Å². The summed E-state index contributed by atoms with van der Waals surface area (Å²) < 4.78 is 0. The highest BCUT2D eigenvalue weighted by atomic mass is 16.3. The fourth-order valence-electron chi connectivity index (χ4n) is 5.41. The van der Waals surface area contributed by atoms with Gasteiger partial charge in [-0.25, -0.2) is 0 Å². The number of hydrogen-bond donors (Lipinski definition) is 1. The average molecular weight is 393 g/mol. The van der Waals surface area contributed by atoms with Gasteiger partial charge in [0.05, 0.1) is 18.1 Å².